The molecule has 146 valence electrons. The number of sulfone groups is 1. The first-order chi connectivity index (χ1) is 13.3. The van der Waals surface area contributed by atoms with Crippen LogP contribution in [0, 0.1) is 0 Å². The second-order valence-corrected chi connectivity index (χ2v) is 10.9. The van der Waals surface area contributed by atoms with E-state index in [1.165, 1.54) is 46.7 Å². The molecule has 0 atom stereocenters. The molecule has 0 saturated heterocycles. The fourth-order valence-electron chi connectivity index (χ4n) is 3.16. The quantitative estimate of drug-likeness (QED) is 0.464. The molecule has 10 heteroatoms. The Morgan fingerprint density at radius 1 is 1.32 bits per heavy atom. The number of carbonyl (C=O) groups is 1. The van der Waals surface area contributed by atoms with Crippen LogP contribution in [-0.2, 0) is 27.5 Å². The first kappa shape index (κ1) is 19.6. The summed E-state index contributed by atoms with van der Waals surface area (Å²) in [5, 5.41) is 4.84. The van der Waals surface area contributed by atoms with E-state index in [1.807, 2.05) is 0 Å². The molecule has 1 N–H and O–H groups in total. The van der Waals surface area contributed by atoms with Crippen molar-refractivity contribution >= 4 is 66.3 Å². The van der Waals surface area contributed by atoms with Crippen LogP contribution in [0.5, 0.6) is 0 Å². The maximum atomic E-state index is 12.4. The smallest absolute Gasteiger partial charge is 0.234 e. The van der Waals surface area contributed by atoms with Crippen LogP contribution in [0.15, 0.2) is 34.4 Å². The van der Waals surface area contributed by atoms with Crippen molar-refractivity contribution in [2.45, 2.75) is 29.2 Å². The van der Waals surface area contributed by atoms with Crippen molar-refractivity contribution in [2.75, 3.05) is 17.3 Å². The number of fused-ring (bicyclic) bond motifs is 3. The van der Waals surface area contributed by atoms with Crippen LogP contribution < -0.4 is 5.32 Å². The first-order valence-electron chi connectivity index (χ1n) is 8.50. The third-order valence-corrected chi connectivity index (χ3v) is 8.08. The van der Waals surface area contributed by atoms with Crippen molar-refractivity contribution in [3.63, 3.8) is 0 Å². The molecule has 0 spiro atoms. The maximum absolute atomic E-state index is 12.4. The molecule has 1 aliphatic rings. The summed E-state index contributed by atoms with van der Waals surface area (Å²) in [5.74, 6) is -0.146. The van der Waals surface area contributed by atoms with Gasteiger partial charge in [0, 0.05) is 16.5 Å². The number of aromatic nitrogens is 2. The average Bonchev–Trinajstić information content (AvgIpc) is 3.21. The molecule has 0 aliphatic heterocycles. The molecule has 28 heavy (non-hydrogen) atoms. The van der Waals surface area contributed by atoms with Crippen LogP contribution in [-0.4, -0.2) is 36.3 Å². The Kier molecular flexibility index (Phi) is 5.34. The van der Waals surface area contributed by atoms with Gasteiger partial charge >= 0.3 is 0 Å². The lowest BCUT2D eigenvalue weighted by atomic mass is 10.2. The highest BCUT2D eigenvalue weighted by molar-refractivity contribution is 8.00. The minimum atomic E-state index is -3.39. The van der Waals surface area contributed by atoms with Gasteiger partial charge in [-0.2, -0.15) is 0 Å². The normalized spacial score (nSPS) is 13.6. The van der Waals surface area contributed by atoms with Gasteiger partial charge in [0.15, 0.2) is 9.84 Å². The topological polar surface area (TPSA) is 89.0 Å². The van der Waals surface area contributed by atoms with Crippen LogP contribution in [0.4, 0.5) is 5.69 Å². The summed E-state index contributed by atoms with van der Waals surface area (Å²) >= 11 is 9.15. The van der Waals surface area contributed by atoms with E-state index >= 15 is 0 Å². The fraction of sp³-hybridized carbons (Fsp3) is 0.278. The van der Waals surface area contributed by atoms with Gasteiger partial charge in [-0.1, -0.05) is 23.4 Å². The van der Waals surface area contributed by atoms with E-state index in [1.54, 1.807) is 11.3 Å². The number of aryl methyl sites for hydroxylation is 2. The zero-order valence-electron chi connectivity index (χ0n) is 14.9. The summed E-state index contributed by atoms with van der Waals surface area (Å²) in [6.07, 6.45) is 5.89. The van der Waals surface area contributed by atoms with E-state index in [0.717, 1.165) is 40.8 Å². The number of carbonyl (C=O) groups excluding carboxylic acids is 1. The number of hydrogen-bond acceptors (Lipinski definition) is 7. The fourth-order valence-corrected chi connectivity index (χ4v) is 6.09. The maximum Gasteiger partial charge on any atom is 0.234 e. The van der Waals surface area contributed by atoms with Crippen molar-refractivity contribution in [1.29, 1.82) is 0 Å². The molecule has 2 aromatic heterocycles. The molecule has 0 bridgehead atoms. The van der Waals surface area contributed by atoms with Crippen LogP contribution in [0.3, 0.4) is 0 Å². The van der Waals surface area contributed by atoms with Crippen LogP contribution in [0.25, 0.3) is 10.2 Å². The number of rotatable bonds is 5. The van der Waals surface area contributed by atoms with E-state index in [4.69, 9.17) is 11.6 Å². The molecular weight excluding hydrogens is 438 g/mol. The van der Waals surface area contributed by atoms with Gasteiger partial charge in [-0.3, -0.25) is 4.79 Å². The molecule has 1 aromatic carbocycles. The summed E-state index contributed by atoms with van der Waals surface area (Å²) in [7, 11) is -3.39. The number of thiophene rings is 1. The average molecular weight is 454 g/mol. The Morgan fingerprint density at radius 3 is 2.93 bits per heavy atom. The number of nitrogens with zero attached hydrogens (tertiary/aromatic N) is 2. The summed E-state index contributed by atoms with van der Waals surface area (Å²) in [6.45, 7) is 0. The van der Waals surface area contributed by atoms with Crippen molar-refractivity contribution in [3.05, 3.63) is 40.0 Å². The highest BCUT2D eigenvalue weighted by atomic mass is 35.5. The lowest BCUT2D eigenvalue weighted by molar-refractivity contribution is -0.113. The molecule has 2 heterocycles. The van der Waals surface area contributed by atoms with Crippen LogP contribution >= 0.6 is 34.7 Å². The van der Waals surface area contributed by atoms with E-state index in [2.05, 4.69) is 15.3 Å². The zero-order valence-corrected chi connectivity index (χ0v) is 18.1. The number of hydrogen-bond donors (Lipinski definition) is 1. The van der Waals surface area contributed by atoms with Gasteiger partial charge in [0.1, 0.15) is 16.2 Å². The van der Waals surface area contributed by atoms with E-state index in [-0.39, 0.29) is 27.3 Å². The summed E-state index contributed by atoms with van der Waals surface area (Å²) < 4.78 is 23.4. The number of thioether (sulfide) groups is 1. The third kappa shape index (κ3) is 3.89. The zero-order chi connectivity index (χ0) is 19.9. The van der Waals surface area contributed by atoms with Crippen LogP contribution in [0.2, 0.25) is 5.02 Å². The third-order valence-electron chi connectivity index (χ3n) is 4.45. The Balaban J connectivity index is 1.51. The molecular formula is C18H16ClN3O3S3. The molecule has 0 unspecified atom stereocenters. The van der Waals surface area contributed by atoms with Gasteiger partial charge in [-0.25, -0.2) is 18.4 Å². The monoisotopic (exact) mass is 453 g/mol. The second-order valence-electron chi connectivity index (χ2n) is 6.47. The number of benzene rings is 1. The van der Waals surface area contributed by atoms with Gasteiger partial charge in [-0.05, 0) is 43.0 Å². The molecule has 0 saturated carbocycles. The van der Waals surface area contributed by atoms with E-state index in [9.17, 15) is 13.2 Å². The van der Waals surface area contributed by atoms with E-state index < -0.39 is 9.84 Å². The Hall–Kier alpha value is -1.68. The molecule has 0 radical (unpaired) electrons. The van der Waals surface area contributed by atoms with Gasteiger partial charge in [-0.15, -0.1) is 11.3 Å². The van der Waals surface area contributed by atoms with Crippen molar-refractivity contribution in [1.82, 2.24) is 9.97 Å². The second kappa shape index (κ2) is 7.62. The lowest BCUT2D eigenvalue weighted by Gasteiger charge is -2.09. The largest absolute Gasteiger partial charge is 0.324 e. The standard InChI is InChI=1S/C18H16ClN3O3S3/c1-28(24,25)10-5-6-12(19)13(7-10)22-15(23)8-26-17-16-11-3-2-4-14(11)27-18(16)21-9-20-17/h5-7,9H,2-4,8H2,1H3,(H,22,23). The molecule has 6 nitrogen and oxygen atoms in total. The number of anilines is 1. The van der Waals surface area contributed by atoms with Crippen LogP contribution in [0.1, 0.15) is 16.9 Å². The summed E-state index contributed by atoms with van der Waals surface area (Å²) in [5.41, 5.74) is 1.59. The van der Waals surface area contributed by atoms with Crippen molar-refractivity contribution in [3.8, 4) is 0 Å². The molecule has 4 rings (SSSR count). The molecule has 1 amide bonds. The van der Waals surface area contributed by atoms with Crippen molar-refractivity contribution in [2.24, 2.45) is 0 Å². The minimum Gasteiger partial charge on any atom is -0.324 e. The van der Waals surface area contributed by atoms with Gasteiger partial charge in [0.2, 0.25) is 5.91 Å². The summed E-state index contributed by atoms with van der Waals surface area (Å²) in [6, 6.07) is 4.25. The summed E-state index contributed by atoms with van der Waals surface area (Å²) in [4.78, 5) is 23.6. The predicted octanol–water partition coefficient (Wildman–Crippen LogP) is 3.97. The highest BCUT2D eigenvalue weighted by Gasteiger charge is 2.22. The highest BCUT2D eigenvalue weighted by Crippen LogP contribution is 2.40. The lowest BCUT2D eigenvalue weighted by Crippen LogP contribution is -2.15. The Labute approximate surface area is 175 Å². The Bertz CT molecular complexity index is 1190. The van der Waals surface area contributed by atoms with Crippen molar-refractivity contribution < 1.29 is 13.2 Å². The molecule has 1 aliphatic carbocycles. The van der Waals surface area contributed by atoms with Gasteiger partial charge in [0.25, 0.3) is 0 Å². The predicted molar refractivity (Wildman–Crippen MR) is 113 cm³/mol. The molecule has 3 aromatic rings. The first-order valence-corrected chi connectivity index (χ1v) is 12.6. The number of halogens is 1. The number of nitrogens with one attached hydrogen (secondary N) is 1. The Morgan fingerprint density at radius 2 is 2.14 bits per heavy atom. The van der Waals surface area contributed by atoms with E-state index in [0.29, 0.717) is 0 Å². The van der Waals surface area contributed by atoms with Gasteiger partial charge < -0.3 is 5.32 Å². The SMILES string of the molecule is CS(=O)(=O)c1ccc(Cl)c(NC(=O)CSc2ncnc3sc4c(c23)CCC4)c1. The minimum absolute atomic E-state index is 0.103. The molecule has 0 fully saturated rings. The van der Waals surface area contributed by atoms with Gasteiger partial charge in [0.05, 0.1) is 21.4 Å². The number of amides is 1.